The highest BCUT2D eigenvalue weighted by Crippen LogP contribution is 2.36. The van der Waals surface area contributed by atoms with E-state index in [9.17, 15) is 4.79 Å². The Kier molecular flexibility index (Phi) is 4.66. The molecule has 0 aliphatic carbocycles. The molecule has 1 N–H and O–H groups in total. The van der Waals surface area contributed by atoms with Gasteiger partial charge in [-0.25, -0.2) is 0 Å². The van der Waals surface area contributed by atoms with Gasteiger partial charge in [-0.05, 0) is 6.42 Å². The van der Waals surface area contributed by atoms with Gasteiger partial charge in [0.05, 0.1) is 13.3 Å². The second-order valence-corrected chi connectivity index (χ2v) is 5.10. The number of nitrogens with one attached hydrogen (secondary N) is 1. The van der Waals surface area contributed by atoms with Gasteiger partial charge in [0.25, 0.3) is 0 Å². The Morgan fingerprint density at radius 2 is 2.36 bits per heavy atom. The molecule has 1 saturated heterocycles. The van der Waals surface area contributed by atoms with Gasteiger partial charge in [-0.1, -0.05) is 13.3 Å². The summed E-state index contributed by atoms with van der Waals surface area (Å²) in [5, 5.41) is 3.69. The summed E-state index contributed by atoms with van der Waals surface area (Å²) >= 11 is 1.97. The van der Waals surface area contributed by atoms with Crippen LogP contribution < -0.4 is 5.32 Å². The van der Waals surface area contributed by atoms with Crippen LogP contribution in [0.4, 0.5) is 0 Å². The molecule has 0 saturated carbocycles. The van der Waals surface area contributed by atoms with Gasteiger partial charge < -0.3 is 5.32 Å². The van der Waals surface area contributed by atoms with Gasteiger partial charge in [0.15, 0.2) is 0 Å². The molecule has 1 rings (SSSR count). The van der Waals surface area contributed by atoms with Crippen LogP contribution in [0.5, 0.6) is 0 Å². The molecular weight excluding hydrogens is 194 g/mol. The monoisotopic (exact) mass is 214 g/mol. The average molecular weight is 214 g/mol. The summed E-state index contributed by atoms with van der Waals surface area (Å²) in [5.41, 5.74) is 0. The zero-order valence-electron chi connectivity index (χ0n) is 9.25. The van der Waals surface area contributed by atoms with Gasteiger partial charge >= 0.3 is 0 Å². The highest BCUT2D eigenvalue weighted by Gasteiger charge is 2.40. The van der Waals surface area contributed by atoms with Crippen molar-refractivity contribution in [2.45, 2.75) is 44.9 Å². The molecule has 3 unspecified atom stereocenters. The molecule has 1 heterocycles. The Bertz CT molecular complexity index is 196. The normalized spacial score (nSPS) is 31.5. The summed E-state index contributed by atoms with van der Waals surface area (Å²) in [6.07, 6.45) is 4.69. The minimum Gasteiger partial charge on any atom is -0.352 e. The molecule has 14 heavy (non-hydrogen) atoms. The lowest BCUT2D eigenvalue weighted by Crippen LogP contribution is -2.39. The second kappa shape index (κ2) is 5.54. The summed E-state index contributed by atoms with van der Waals surface area (Å²) < 4.78 is 0. The van der Waals surface area contributed by atoms with Crippen LogP contribution in [0.25, 0.3) is 0 Å². The van der Waals surface area contributed by atoms with E-state index in [0.717, 1.165) is 5.75 Å². The number of hydrogen-bond acceptors (Lipinski definition) is 2. The number of carbonyl (C=O) groups excluding carboxylic acids is 1. The van der Waals surface area contributed by atoms with E-state index in [1.807, 2.05) is 11.8 Å². The third kappa shape index (κ3) is 2.84. The Labute approximate surface area is 91.2 Å². The average Bonchev–Trinajstić information content (AvgIpc) is 2.48. The number of rotatable bonds is 4. The molecule has 1 aliphatic rings. The first-order chi connectivity index (χ1) is 6.69. The van der Waals surface area contributed by atoms with Gasteiger partial charge in [0.2, 0.25) is 5.91 Å². The van der Waals surface area contributed by atoms with E-state index in [1.165, 1.54) is 12.8 Å². The maximum Gasteiger partial charge on any atom is 0.217 e. The van der Waals surface area contributed by atoms with Crippen molar-refractivity contribution in [2.24, 2.45) is 5.92 Å². The van der Waals surface area contributed by atoms with Gasteiger partial charge in [-0.3, -0.25) is 4.79 Å². The van der Waals surface area contributed by atoms with E-state index in [1.54, 1.807) is 6.92 Å². The highest BCUT2D eigenvalue weighted by atomic mass is 32.2. The summed E-state index contributed by atoms with van der Waals surface area (Å²) in [6, 6.07) is 0.388. The van der Waals surface area contributed by atoms with E-state index < -0.39 is 0 Å². The molecule has 1 amide bonds. The lowest BCUT2D eigenvalue weighted by atomic mass is 9.91. The Hall–Kier alpha value is -0.310. The second-order valence-electron chi connectivity index (χ2n) is 3.89. The fourth-order valence-corrected chi connectivity index (χ4v) is 3.67. The third-order valence-electron chi connectivity index (χ3n) is 2.75. The van der Waals surface area contributed by atoms with Crippen LogP contribution in [-0.4, -0.2) is 23.0 Å². The van der Waals surface area contributed by atoms with Crippen molar-refractivity contribution in [1.29, 1.82) is 0 Å². The maximum atomic E-state index is 11.0. The third-order valence-corrected chi connectivity index (χ3v) is 4.30. The molecule has 2 nitrogen and oxygen atoms in total. The van der Waals surface area contributed by atoms with E-state index in [4.69, 9.17) is 0 Å². The van der Waals surface area contributed by atoms with Crippen molar-refractivity contribution >= 4 is 17.7 Å². The lowest BCUT2D eigenvalue weighted by Gasteiger charge is -2.19. The molecule has 0 bridgehead atoms. The molecular formula is C11H20NOS+. The number of carbonyl (C=O) groups is 1. The standard InChI is InChI=1S/C11H19NOS/c1-4-6-9-10(12-8(3)13)7-14-11(9)5-2/h5,9-11H,4,6-7H2,1-3H3/p+1. The lowest BCUT2D eigenvalue weighted by molar-refractivity contribution is -0.119. The Morgan fingerprint density at radius 1 is 1.64 bits per heavy atom. The SMILES string of the molecule is C[CH+]C1SCC(NC(C)=O)C1CCC. The molecule has 0 aromatic rings. The molecule has 3 atom stereocenters. The fourth-order valence-electron chi connectivity index (χ4n) is 2.14. The van der Waals surface area contributed by atoms with Gasteiger partial charge in [-0.15, -0.1) is 11.8 Å². The number of hydrogen-bond donors (Lipinski definition) is 1. The van der Waals surface area contributed by atoms with Crippen LogP contribution in [0.1, 0.15) is 33.6 Å². The van der Waals surface area contributed by atoms with Gasteiger partial charge in [0.1, 0.15) is 5.25 Å². The van der Waals surface area contributed by atoms with Crippen molar-refractivity contribution in [3.05, 3.63) is 6.42 Å². The van der Waals surface area contributed by atoms with Gasteiger partial charge in [0, 0.05) is 24.6 Å². The largest absolute Gasteiger partial charge is 0.352 e. The van der Waals surface area contributed by atoms with Crippen LogP contribution in [0, 0.1) is 12.3 Å². The summed E-state index contributed by atoms with van der Waals surface area (Å²) in [5.74, 6) is 1.81. The minimum atomic E-state index is 0.105. The van der Waals surface area contributed by atoms with Crippen molar-refractivity contribution < 1.29 is 4.79 Å². The zero-order chi connectivity index (χ0) is 10.6. The highest BCUT2D eigenvalue weighted by molar-refractivity contribution is 8.00. The molecule has 0 spiro atoms. The van der Waals surface area contributed by atoms with Crippen LogP contribution in [0.2, 0.25) is 0 Å². The van der Waals surface area contributed by atoms with E-state index in [2.05, 4.69) is 25.6 Å². The van der Waals surface area contributed by atoms with Crippen LogP contribution in [0.15, 0.2) is 0 Å². The zero-order valence-corrected chi connectivity index (χ0v) is 10.1. The molecule has 0 aromatic heterocycles. The first-order valence-electron chi connectivity index (χ1n) is 5.37. The van der Waals surface area contributed by atoms with Crippen molar-refractivity contribution in [3.8, 4) is 0 Å². The van der Waals surface area contributed by atoms with Crippen molar-refractivity contribution in [3.63, 3.8) is 0 Å². The number of thioether (sulfide) groups is 1. The summed E-state index contributed by atoms with van der Waals surface area (Å²) in [6.45, 7) is 5.94. The molecule has 0 aromatic carbocycles. The minimum absolute atomic E-state index is 0.105. The van der Waals surface area contributed by atoms with Crippen LogP contribution in [-0.2, 0) is 4.79 Å². The van der Waals surface area contributed by atoms with Crippen molar-refractivity contribution in [2.75, 3.05) is 5.75 Å². The first kappa shape index (κ1) is 11.8. The van der Waals surface area contributed by atoms with Gasteiger partial charge in [-0.2, -0.15) is 0 Å². The fraction of sp³-hybridized carbons (Fsp3) is 0.818. The molecule has 0 radical (unpaired) electrons. The summed E-state index contributed by atoms with van der Waals surface area (Å²) in [4.78, 5) is 11.0. The predicted octanol–water partition coefficient (Wildman–Crippen LogP) is 2.25. The first-order valence-corrected chi connectivity index (χ1v) is 6.42. The Balaban J connectivity index is 2.53. The van der Waals surface area contributed by atoms with E-state index in [-0.39, 0.29) is 5.91 Å². The van der Waals surface area contributed by atoms with Crippen LogP contribution in [0.3, 0.4) is 0 Å². The van der Waals surface area contributed by atoms with Crippen LogP contribution >= 0.6 is 11.8 Å². The quantitative estimate of drug-likeness (QED) is 0.727. The predicted molar refractivity (Wildman–Crippen MR) is 62.2 cm³/mol. The van der Waals surface area contributed by atoms with Crippen molar-refractivity contribution in [1.82, 2.24) is 5.32 Å². The number of amides is 1. The summed E-state index contributed by atoms with van der Waals surface area (Å²) in [7, 11) is 0. The topological polar surface area (TPSA) is 29.1 Å². The Morgan fingerprint density at radius 3 is 2.86 bits per heavy atom. The molecule has 3 heteroatoms. The molecule has 80 valence electrons. The van der Waals surface area contributed by atoms with E-state index in [0.29, 0.717) is 17.2 Å². The maximum absolute atomic E-state index is 11.0. The van der Waals surface area contributed by atoms with E-state index >= 15 is 0 Å². The molecule has 1 aliphatic heterocycles. The smallest absolute Gasteiger partial charge is 0.217 e. The molecule has 1 fully saturated rings.